The second kappa shape index (κ2) is 4.77. The first-order chi connectivity index (χ1) is 9.47. The summed E-state index contributed by atoms with van der Waals surface area (Å²) in [6, 6.07) is 5.96. The molecule has 1 aromatic rings. The van der Waals surface area contributed by atoms with E-state index in [1.165, 1.54) is 0 Å². The molecule has 1 N–H and O–H groups in total. The molecule has 5 nitrogen and oxygen atoms in total. The molecular weight excluding hydrogens is 324 g/mol. The number of halogens is 1. The lowest BCUT2D eigenvalue weighted by Gasteiger charge is -2.46. The first kappa shape index (κ1) is 13.4. The summed E-state index contributed by atoms with van der Waals surface area (Å²) >= 11 is 3.45. The van der Waals surface area contributed by atoms with Gasteiger partial charge >= 0.3 is 5.97 Å². The number of carboxylic acid groups (broad SMARTS) is 1. The average molecular weight is 339 g/mol. The van der Waals surface area contributed by atoms with Crippen molar-refractivity contribution >= 4 is 39.2 Å². The molecule has 0 bridgehead atoms. The van der Waals surface area contributed by atoms with Gasteiger partial charge in [-0.25, -0.2) is 0 Å². The number of rotatable bonds is 2. The lowest BCUT2D eigenvalue weighted by atomic mass is 9.79. The number of amides is 1. The number of aliphatic carboxylic acids is 1. The van der Waals surface area contributed by atoms with Crippen LogP contribution in [0.15, 0.2) is 22.7 Å². The summed E-state index contributed by atoms with van der Waals surface area (Å²) < 4.78 is 0.957. The van der Waals surface area contributed by atoms with E-state index in [0.717, 1.165) is 15.8 Å². The molecule has 0 spiro atoms. The van der Waals surface area contributed by atoms with Crippen LogP contribution >= 0.6 is 15.9 Å². The van der Waals surface area contributed by atoms with E-state index in [4.69, 9.17) is 5.11 Å². The molecule has 0 radical (unpaired) electrons. The predicted molar refractivity (Wildman–Crippen MR) is 79.0 cm³/mol. The minimum atomic E-state index is -0.740. The van der Waals surface area contributed by atoms with E-state index in [-0.39, 0.29) is 17.9 Å². The lowest BCUT2D eigenvalue weighted by molar-refractivity contribution is -0.145. The number of anilines is 2. The van der Waals surface area contributed by atoms with E-state index in [1.54, 1.807) is 11.9 Å². The maximum absolute atomic E-state index is 12.1. The van der Waals surface area contributed by atoms with Crippen molar-refractivity contribution in [1.82, 2.24) is 0 Å². The van der Waals surface area contributed by atoms with Crippen LogP contribution < -0.4 is 9.80 Å². The fourth-order valence-corrected chi connectivity index (χ4v) is 3.20. The second-order valence-electron chi connectivity index (χ2n) is 5.37. The maximum Gasteiger partial charge on any atom is 0.306 e. The molecule has 1 saturated carbocycles. The minimum Gasteiger partial charge on any atom is -0.481 e. The molecule has 3 rings (SSSR count). The highest BCUT2D eigenvalue weighted by atomic mass is 79.9. The fourth-order valence-electron chi connectivity index (χ4n) is 2.85. The summed E-state index contributed by atoms with van der Waals surface area (Å²) in [5.41, 5.74) is 1.87. The molecule has 1 amide bonds. The molecule has 0 saturated heterocycles. The third kappa shape index (κ3) is 2.08. The Morgan fingerprint density at radius 3 is 2.70 bits per heavy atom. The Labute approximate surface area is 125 Å². The van der Waals surface area contributed by atoms with E-state index in [9.17, 15) is 9.59 Å². The lowest BCUT2D eigenvalue weighted by Crippen LogP contribution is -2.53. The van der Waals surface area contributed by atoms with Crippen LogP contribution in [0.4, 0.5) is 11.4 Å². The number of hydrogen-bond donors (Lipinski definition) is 1. The van der Waals surface area contributed by atoms with E-state index in [1.807, 2.05) is 23.1 Å². The summed E-state index contributed by atoms with van der Waals surface area (Å²) in [4.78, 5) is 26.7. The Balaban J connectivity index is 1.90. The number of likely N-dealkylation sites (N-methyl/N-ethyl adjacent to an activating group) is 1. The van der Waals surface area contributed by atoms with Gasteiger partial charge in [-0.15, -0.1) is 0 Å². The van der Waals surface area contributed by atoms with Gasteiger partial charge in [0.05, 0.1) is 23.8 Å². The van der Waals surface area contributed by atoms with Gasteiger partial charge in [0.1, 0.15) is 0 Å². The topological polar surface area (TPSA) is 60.9 Å². The zero-order chi connectivity index (χ0) is 14.4. The van der Waals surface area contributed by atoms with Crippen molar-refractivity contribution in [3.05, 3.63) is 22.7 Å². The molecule has 106 valence electrons. The van der Waals surface area contributed by atoms with Crippen molar-refractivity contribution < 1.29 is 14.7 Å². The molecule has 2 aliphatic rings. The van der Waals surface area contributed by atoms with Crippen molar-refractivity contribution in [3.63, 3.8) is 0 Å². The average Bonchev–Trinajstić information content (AvgIpc) is 2.33. The van der Waals surface area contributed by atoms with Crippen molar-refractivity contribution in [2.75, 3.05) is 23.4 Å². The van der Waals surface area contributed by atoms with Crippen LogP contribution in [-0.2, 0) is 9.59 Å². The van der Waals surface area contributed by atoms with Crippen molar-refractivity contribution in [2.45, 2.75) is 18.9 Å². The molecule has 0 atom stereocenters. The summed E-state index contributed by atoms with van der Waals surface area (Å²) in [5.74, 6) is -0.972. The Bertz CT molecular complexity index is 584. The van der Waals surface area contributed by atoms with Gasteiger partial charge in [-0.3, -0.25) is 9.59 Å². The van der Waals surface area contributed by atoms with Gasteiger partial charge in [-0.2, -0.15) is 0 Å². The fraction of sp³-hybridized carbons (Fsp3) is 0.429. The highest BCUT2D eigenvalue weighted by Crippen LogP contribution is 2.41. The third-order valence-corrected chi connectivity index (χ3v) is 4.68. The molecule has 20 heavy (non-hydrogen) atoms. The van der Waals surface area contributed by atoms with Gasteiger partial charge in [-0.1, -0.05) is 15.9 Å². The minimum absolute atomic E-state index is 0.0404. The van der Waals surface area contributed by atoms with Crippen LogP contribution in [0.5, 0.6) is 0 Å². The smallest absolute Gasteiger partial charge is 0.306 e. The SMILES string of the molecule is CN1C(=O)CN(C2CC(C(=O)O)C2)c2cc(Br)ccc21. The summed E-state index contributed by atoms with van der Waals surface area (Å²) in [6.45, 7) is 0.316. The molecule has 1 aliphatic carbocycles. The molecule has 1 aliphatic heterocycles. The summed E-state index contributed by atoms with van der Waals surface area (Å²) in [6.07, 6.45) is 1.22. The maximum atomic E-state index is 12.1. The zero-order valence-corrected chi connectivity index (χ0v) is 12.6. The van der Waals surface area contributed by atoms with E-state index in [0.29, 0.717) is 19.4 Å². The highest BCUT2D eigenvalue weighted by Gasteiger charge is 2.41. The van der Waals surface area contributed by atoms with Crippen molar-refractivity contribution in [2.24, 2.45) is 5.92 Å². The number of carbonyl (C=O) groups excluding carboxylic acids is 1. The van der Waals surface area contributed by atoms with E-state index in [2.05, 4.69) is 15.9 Å². The van der Waals surface area contributed by atoms with Gasteiger partial charge in [0.2, 0.25) is 5.91 Å². The first-order valence-electron chi connectivity index (χ1n) is 6.53. The monoisotopic (exact) mass is 338 g/mol. The number of nitrogens with zero attached hydrogens (tertiary/aromatic N) is 2. The van der Waals surface area contributed by atoms with E-state index < -0.39 is 5.97 Å². The molecule has 1 aromatic carbocycles. The molecule has 0 unspecified atom stereocenters. The second-order valence-corrected chi connectivity index (χ2v) is 6.29. The van der Waals surface area contributed by atoms with Crippen LogP contribution in [0.2, 0.25) is 0 Å². The highest BCUT2D eigenvalue weighted by molar-refractivity contribution is 9.10. The number of fused-ring (bicyclic) bond motifs is 1. The number of carboxylic acids is 1. The number of carbonyl (C=O) groups is 2. The summed E-state index contributed by atoms with van der Waals surface area (Å²) in [7, 11) is 1.77. The standard InChI is InChI=1S/C14H15BrN2O3/c1-16-11-3-2-9(15)6-12(11)17(7-13(16)18)10-4-8(5-10)14(19)20/h2-3,6,8,10H,4-5,7H2,1H3,(H,19,20). The van der Waals surface area contributed by atoms with Crippen LogP contribution in [0, 0.1) is 5.92 Å². The zero-order valence-electron chi connectivity index (χ0n) is 11.0. The Hall–Kier alpha value is -1.56. The quantitative estimate of drug-likeness (QED) is 0.896. The molecular formula is C14H15BrN2O3. The van der Waals surface area contributed by atoms with E-state index >= 15 is 0 Å². The largest absolute Gasteiger partial charge is 0.481 e. The van der Waals surface area contributed by atoms with Gasteiger partial charge in [0, 0.05) is 17.6 Å². The van der Waals surface area contributed by atoms with Gasteiger partial charge in [-0.05, 0) is 31.0 Å². The molecule has 1 heterocycles. The third-order valence-electron chi connectivity index (χ3n) is 4.19. The Morgan fingerprint density at radius 1 is 1.35 bits per heavy atom. The molecule has 1 fully saturated rings. The Morgan fingerprint density at radius 2 is 2.05 bits per heavy atom. The van der Waals surface area contributed by atoms with Gasteiger partial charge in [0.25, 0.3) is 0 Å². The van der Waals surface area contributed by atoms with Gasteiger partial charge < -0.3 is 14.9 Å². The Kier molecular flexibility index (Phi) is 3.20. The van der Waals surface area contributed by atoms with Crippen LogP contribution in [0.1, 0.15) is 12.8 Å². The number of benzene rings is 1. The van der Waals surface area contributed by atoms with Crippen LogP contribution in [0.3, 0.4) is 0 Å². The van der Waals surface area contributed by atoms with Crippen molar-refractivity contribution in [3.8, 4) is 0 Å². The van der Waals surface area contributed by atoms with Crippen LogP contribution in [-0.4, -0.2) is 36.6 Å². The predicted octanol–water partition coefficient (Wildman–Crippen LogP) is 2.10. The first-order valence-corrected chi connectivity index (χ1v) is 7.32. The summed E-state index contributed by atoms with van der Waals surface area (Å²) in [5, 5.41) is 8.98. The normalized spacial score (nSPS) is 25.2. The molecule has 6 heteroatoms. The van der Waals surface area contributed by atoms with Gasteiger partial charge in [0.15, 0.2) is 0 Å². The van der Waals surface area contributed by atoms with Crippen LogP contribution in [0.25, 0.3) is 0 Å². The molecule has 0 aromatic heterocycles. The van der Waals surface area contributed by atoms with Crippen molar-refractivity contribution in [1.29, 1.82) is 0 Å². The number of hydrogen-bond acceptors (Lipinski definition) is 3.